The van der Waals surface area contributed by atoms with Crippen molar-refractivity contribution in [3.63, 3.8) is 0 Å². The van der Waals surface area contributed by atoms with Crippen LogP contribution in [0.15, 0.2) is 30.6 Å². The SMILES string of the molecule is CCC(CC)C(C)Nc1ccc2cnccc2c1N. The maximum absolute atomic E-state index is 6.26. The smallest absolute Gasteiger partial charge is 0.0630 e. The molecule has 0 radical (unpaired) electrons. The van der Waals surface area contributed by atoms with Gasteiger partial charge in [0.15, 0.2) is 0 Å². The van der Waals surface area contributed by atoms with Gasteiger partial charge in [0, 0.05) is 29.2 Å². The molecule has 102 valence electrons. The van der Waals surface area contributed by atoms with Gasteiger partial charge in [-0.15, -0.1) is 0 Å². The average Bonchev–Trinajstić information content (AvgIpc) is 2.43. The number of fused-ring (bicyclic) bond motifs is 1. The van der Waals surface area contributed by atoms with Gasteiger partial charge < -0.3 is 11.1 Å². The minimum atomic E-state index is 0.427. The first-order chi connectivity index (χ1) is 9.17. The highest BCUT2D eigenvalue weighted by molar-refractivity contribution is 5.98. The van der Waals surface area contributed by atoms with Gasteiger partial charge in [-0.2, -0.15) is 0 Å². The number of anilines is 2. The molecule has 1 atom stereocenters. The van der Waals surface area contributed by atoms with Crippen LogP contribution in [0.25, 0.3) is 10.8 Å². The number of nitrogens with two attached hydrogens (primary N) is 1. The Kier molecular flexibility index (Phi) is 4.25. The van der Waals surface area contributed by atoms with E-state index < -0.39 is 0 Å². The van der Waals surface area contributed by atoms with Crippen LogP contribution in [0.3, 0.4) is 0 Å². The first kappa shape index (κ1) is 13.7. The van der Waals surface area contributed by atoms with Crippen LogP contribution in [0, 0.1) is 5.92 Å². The van der Waals surface area contributed by atoms with E-state index in [0.29, 0.717) is 12.0 Å². The van der Waals surface area contributed by atoms with Crippen molar-refractivity contribution in [2.45, 2.75) is 39.7 Å². The molecule has 0 aliphatic heterocycles. The van der Waals surface area contributed by atoms with Crippen molar-refractivity contribution in [3.05, 3.63) is 30.6 Å². The second kappa shape index (κ2) is 5.91. The van der Waals surface area contributed by atoms with Crippen molar-refractivity contribution in [1.29, 1.82) is 0 Å². The van der Waals surface area contributed by atoms with E-state index in [1.165, 1.54) is 12.8 Å². The highest BCUT2D eigenvalue weighted by Crippen LogP contribution is 2.29. The molecule has 0 amide bonds. The third-order valence-electron chi connectivity index (χ3n) is 4.00. The zero-order valence-electron chi connectivity index (χ0n) is 12.0. The summed E-state index contributed by atoms with van der Waals surface area (Å²) in [5, 5.41) is 5.71. The van der Waals surface area contributed by atoms with E-state index in [-0.39, 0.29) is 0 Å². The Morgan fingerprint density at radius 1 is 1.21 bits per heavy atom. The first-order valence-electron chi connectivity index (χ1n) is 7.06. The molecule has 0 aliphatic rings. The van der Waals surface area contributed by atoms with Gasteiger partial charge >= 0.3 is 0 Å². The topological polar surface area (TPSA) is 50.9 Å². The molecular formula is C16H23N3. The van der Waals surface area contributed by atoms with Gasteiger partial charge in [0.2, 0.25) is 0 Å². The number of nitrogens with zero attached hydrogens (tertiary/aromatic N) is 1. The molecule has 1 heterocycles. The monoisotopic (exact) mass is 257 g/mol. The molecule has 1 aromatic carbocycles. The Bertz CT molecular complexity index is 547. The van der Waals surface area contributed by atoms with Gasteiger partial charge in [0.05, 0.1) is 11.4 Å². The first-order valence-corrected chi connectivity index (χ1v) is 7.06. The van der Waals surface area contributed by atoms with E-state index in [0.717, 1.165) is 22.1 Å². The van der Waals surface area contributed by atoms with E-state index in [4.69, 9.17) is 5.73 Å². The van der Waals surface area contributed by atoms with Gasteiger partial charge in [-0.25, -0.2) is 0 Å². The third kappa shape index (κ3) is 2.80. The minimum absolute atomic E-state index is 0.427. The van der Waals surface area contributed by atoms with Crippen LogP contribution >= 0.6 is 0 Å². The lowest BCUT2D eigenvalue weighted by molar-refractivity contribution is 0.438. The van der Waals surface area contributed by atoms with E-state index in [1.807, 2.05) is 12.3 Å². The Balaban J connectivity index is 2.28. The summed E-state index contributed by atoms with van der Waals surface area (Å²) >= 11 is 0. The van der Waals surface area contributed by atoms with E-state index >= 15 is 0 Å². The quantitative estimate of drug-likeness (QED) is 0.794. The van der Waals surface area contributed by atoms with Crippen molar-refractivity contribution in [3.8, 4) is 0 Å². The molecule has 3 heteroatoms. The largest absolute Gasteiger partial charge is 0.397 e. The molecule has 2 aromatic rings. The molecule has 19 heavy (non-hydrogen) atoms. The van der Waals surface area contributed by atoms with Crippen LogP contribution in [-0.4, -0.2) is 11.0 Å². The summed E-state index contributed by atoms with van der Waals surface area (Å²) in [7, 11) is 0. The van der Waals surface area contributed by atoms with Crippen LogP contribution in [0.2, 0.25) is 0 Å². The fraction of sp³-hybridized carbons (Fsp3) is 0.438. The Morgan fingerprint density at radius 3 is 2.63 bits per heavy atom. The Morgan fingerprint density at radius 2 is 1.95 bits per heavy atom. The van der Waals surface area contributed by atoms with Crippen molar-refractivity contribution in [2.75, 3.05) is 11.1 Å². The number of pyridine rings is 1. The number of nitrogen functional groups attached to an aromatic ring is 1. The normalized spacial score (nSPS) is 12.8. The summed E-state index contributed by atoms with van der Waals surface area (Å²) in [6.07, 6.45) is 6.00. The molecule has 1 aromatic heterocycles. The van der Waals surface area contributed by atoms with Crippen LogP contribution in [0.5, 0.6) is 0 Å². The standard InChI is InChI=1S/C16H23N3/c1-4-12(5-2)11(3)19-15-7-6-13-10-18-9-8-14(13)16(15)17/h6-12,19H,4-5,17H2,1-3H3. The molecule has 2 rings (SSSR count). The van der Waals surface area contributed by atoms with E-state index in [1.54, 1.807) is 6.20 Å². The number of rotatable bonds is 5. The Hall–Kier alpha value is -1.77. The summed E-state index contributed by atoms with van der Waals surface area (Å²) in [5.74, 6) is 0.674. The van der Waals surface area contributed by atoms with Crippen LogP contribution in [0.1, 0.15) is 33.6 Å². The zero-order chi connectivity index (χ0) is 13.8. The summed E-state index contributed by atoms with van der Waals surface area (Å²) in [6.45, 7) is 6.71. The molecule has 0 fully saturated rings. The number of benzene rings is 1. The maximum Gasteiger partial charge on any atom is 0.0630 e. The fourth-order valence-electron chi connectivity index (χ4n) is 2.68. The predicted molar refractivity (Wildman–Crippen MR) is 83.3 cm³/mol. The number of aromatic nitrogens is 1. The average molecular weight is 257 g/mol. The molecule has 0 saturated heterocycles. The van der Waals surface area contributed by atoms with Crippen LogP contribution in [-0.2, 0) is 0 Å². The van der Waals surface area contributed by atoms with Gasteiger partial charge in [-0.3, -0.25) is 4.98 Å². The highest BCUT2D eigenvalue weighted by Gasteiger charge is 2.14. The fourth-order valence-corrected chi connectivity index (χ4v) is 2.68. The van der Waals surface area contributed by atoms with E-state index in [2.05, 4.69) is 43.2 Å². The second-order valence-electron chi connectivity index (χ2n) is 5.13. The lowest BCUT2D eigenvalue weighted by Gasteiger charge is -2.24. The van der Waals surface area contributed by atoms with Crippen molar-refractivity contribution in [2.24, 2.45) is 5.92 Å². The summed E-state index contributed by atoms with van der Waals surface area (Å²) in [4.78, 5) is 4.12. The summed E-state index contributed by atoms with van der Waals surface area (Å²) in [6, 6.07) is 6.52. The number of hydrogen-bond donors (Lipinski definition) is 2. The summed E-state index contributed by atoms with van der Waals surface area (Å²) < 4.78 is 0. The van der Waals surface area contributed by atoms with Gasteiger partial charge in [-0.05, 0) is 25.0 Å². The van der Waals surface area contributed by atoms with Gasteiger partial charge in [0.1, 0.15) is 0 Å². The van der Waals surface area contributed by atoms with Gasteiger partial charge in [0.25, 0.3) is 0 Å². The zero-order valence-corrected chi connectivity index (χ0v) is 12.0. The molecule has 0 bridgehead atoms. The molecule has 1 unspecified atom stereocenters. The lowest BCUT2D eigenvalue weighted by Crippen LogP contribution is -2.25. The van der Waals surface area contributed by atoms with E-state index in [9.17, 15) is 0 Å². The molecule has 3 N–H and O–H groups in total. The van der Waals surface area contributed by atoms with Crippen molar-refractivity contribution >= 4 is 22.1 Å². The van der Waals surface area contributed by atoms with Crippen LogP contribution < -0.4 is 11.1 Å². The highest BCUT2D eigenvalue weighted by atomic mass is 14.9. The maximum atomic E-state index is 6.26. The van der Waals surface area contributed by atoms with Gasteiger partial charge in [-0.1, -0.05) is 32.8 Å². The molecule has 0 spiro atoms. The molecule has 0 saturated carbocycles. The number of hydrogen-bond acceptors (Lipinski definition) is 3. The summed E-state index contributed by atoms with van der Waals surface area (Å²) in [5.41, 5.74) is 8.10. The number of nitrogens with one attached hydrogen (secondary N) is 1. The lowest BCUT2D eigenvalue weighted by atomic mass is 9.95. The molecule has 0 aliphatic carbocycles. The molecular weight excluding hydrogens is 234 g/mol. The minimum Gasteiger partial charge on any atom is -0.397 e. The van der Waals surface area contributed by atoms with Crippen molar-refractivity contribution < 1.29 is 0 Å². The molecule has 3 nitrogen and oxygen atoms in total. The van der Waals surface area contributed by atoms with Crippen molar-refractivity contribution in [1.82, 2.24) is 4.98 Å². The predicted octanol–water partition coefficient (Wildman–Crippen LogP) is 4.05. The Labute approximate surface area is 115 Å². The second-order valence-corrected chi connectivity index (χ2v) is 5.13. The van der Waals surface area contributed by atoms with Crippen LogP contribution in [0.4, 0.5) is 11.4 Å². The third-order valence-corrected chi connectivity index (χ3v) is 4.00.